The Balaban J connectivity index is 2.55. The van der Waals surface area contributed by atoms with Gasteiger partial charge in [0.25, 0.3) is 5.56 Å². The number of methoxy groups -OCH3 is 1. The first-order valence-corrected chi connectivity index (χ1v) is 7.79. The van der Waals surface area contributed by atoms with E-state index in [0.29, 0.717) is 37.7 Å². The Morgan fingerprint density at radius 1 is 1.08 bits per heavy atom. The monoisotopic (exact) mass is 358 g/mol. The van der Waals surface area contributed by atoms with Gasteiger partial charge in [0.2, 0.25) is 0 Å². The molecule has 24 heavy (non-hydrogen) atoms. The summed E-state index contributed by atoms with van der Waals surface area (Å²) >= 11 is 12.2. The summed E-state index contributed by atoms with van der Waals surface area (Å²) in [6, 6.07) is 12.3. The first-order valence-electron chi connectivity index (χ1n) is 7.03. The molecular formula is C18H12Cl2N2O2. The van der Waals surface area contributed by atoms with E-state index in [0.717, 1.165) is 0 Å². The number of ether oxygens (including phenoxy) is 1. The van der Waals surface area contributed by atoms with Gasteiger partial charge in [-0.3, -0.25) is 4.79 Å². The van der Waals surface area contributed by atoms with Crippen LogP contribution < -0.4 is 10.3 Å². The Bertz CT molecular complexity index is 1050. The molecule has 1 heterocycles. The highest BCUT2D eigenvalue weighted by molar-refractivity contribution is 6.35. The molecule has 3 aromatic rings. The van der Waals surface area contributed by atoms with Crippen LogP contribution >= 0.6 is 23.2 Å². The summed E-state index contributed by atoms with van der Waals surface area (Å²) in [4.78, 5) is 12.5. The molecule has 2 aromatic carbocycles. The van der Waals surface area contributed by atoms with Crippen LogP contribution in [0.2, 0.25) is 10.0 Å². The van der Waals surface area contributed by atoms with Gasteiger partial charge in [-0.1, -0.05) is 23.2 Å². The molecule has 4 nitrogen and oxygen atoms in total. The summed E-state index contributed by atoms with van der Waals surface area (Å²) in [5, 5.41) is 11.6. The molecule has 1 aromatic heterocycles. The third-order valence-electron chi connectivity index (χ3n) is 3.86. The van der Waals surface area contributed by atoms with Crippen molar-refractivity contribution in [1.82, 2.24) is 4.57 Å². The van der Waals surface area contributed by atoms with Crippen molar-refractivity contribution in [3.05, 3.63) is 62.5 Å². The Morgan fingerprint density at radius 2 is 1.75 bits per heavy atom. The zero-order valence-electron chi connectivity index (χ0n) is 12.9. The van der Waals surface area contributed by atoms with Crippen molar-refractivity contribution >= 4 is 34.0 Å². The molecule has 0 atom stereocenters. The summed E-state index contributed by atoms with van der Waals surface area (Å²) in [7, 11) is 3.11. The third kappa shape index (κ3) is 2.62. The van der Waals surface area contributed by atoms with Crippen molar-refractivity contribution in [2.45, 2.75) is 0 Å². The van der Waals surface area contributed by atoms with Gasteiger partial charge >= 0.3 is 0 Å². The lowest BCUT2D eigenvalue weighted by Crippen LogP contribution is -2.20. The van der Waals surface area contributed by atoms with Crippen LogP contribution in [0.4, 0.5) is 0 Å². The smallest absolute Gasteiger partial charge is 0.259 e. The van der Waals surface area contributed by atoms with E-state index in [1.54, 1.807) is 50.6 Å². The summed E-state index contributed by atoms with van der Waals surface area (Å²) < 4.78 is 6.59. The molecule has 0 saturated heterocycles. The Kier molecular flexibility index (Phi) is 4.23. The van der Waals surface area contributed by atoms with Crippen molar-refractivity contribution in [3.63, 3.8) is 0 Å². The molecule has 0 radical (unpaired) electrons. The minimum absolute atomic E-state index is 0.235. The number of benzene rings is 2. The van der Waals surface area contributed by atoms with Crippen molar-refractivity contribution in [2.24, 2.45) is 7.05 Å². The highest BCUT2D eigenvalue weighted by Gasteiger charge is 2.17. The second kappa shape index (κ2) is 6.20. The van der Waals surface area contributed by atoms with Crippen LogP contribution in [0.3, 0.4) is 0 Å². The molecule has 0 aliphatic rings. The number of halogens is 2. The molecule has 0 unspecified atom stereocenters. The zero-order chi connectivity index (χ0) is 17.4. The molecule has 0 spiro atoms. The van der Waals surface area contributed by atoms with E-state index in [-0.39, 0.29) is 11.3 Å². The maximum atomic E-state index is 12.5. The largest absolute Gasteiger partial charge is 0.497 e. The highest BCUT2D eigenvalue weighted by atomic mass is 35.5. The fraction of sp³-hybridized carbons (Fsp3) is 0.111. The van der Waals surface area contributed by atoms with E-state index in [1.165, 1.54) is 4.57 Å². The number of aromatic nitrogens is 1. The van der Waals surface area contributed by atoms with Crippen LogP contribution in [-0.4, -0.2) is 11.7 Å². The first kappa shape index (κ1) is 16.4. The quantitative estimate of drug-likeness (QED) is 0.682. The average molecular weight is 359 g/mol. The van der Waals surface area contributed by atoms with Gasteiger partial charge in [0.15, 0.2) is 0 Å². The molecule has 0 aliphatic carbocycles. The first-order chi connectivity index (χ1) is 11.5. The lowest BCUT2D eigenvalue weighted by Gasteiger charge is -2.14. The van der Waals surface area contributed by atoms with Gasteiger partial charge in [0, 0.05) is 33.4 Å². The van der Waals surface area contributed by atoms with Gasteiger partial charge in [-0.25, -0.2) is 0 Å². The molecule has 6 heteroatoms. The van der Waals surface area contributed by atoms with E-state index in [9.17, 15) is 10.1 Å². The molecule has 120 valence electrons. The van der Waals surface area contributed by atoms with Gasteiger partial charge in [-0.15, -0.1) is 0 Å². The minimum atomic E-state index is -0.249. The molecule has 3 rings (SSSR count). The lowest BCUT2D eigenvalue weighted by atomic mass is 9.97. The number of nitrogens with zero attached hydrogens (tertiary/aromatic N) is 2. The van der Waals surface area contributed by atoms with Crippen LogP contribution in [0, 0.1) is 11.3 Å². The number of pyridine rings is 1. The van der Waals surface area contributed by atoms with E-state index in [4.69, 9.17) is 27.9 Å². The Morgan fingerprint density at radius 3 is 2.33 bits per heavy atom. The predicted octanol–water partition coefficient (Wildman–Crippen LogP) is 4.39. The average Bonchev–Trinajstić information content (AvgIpc) is 2.56. The maximum absolute atomic E-state index is 12.5. The molecule has 0 saturated carbocycles. The van der Waals surface area contributed by atoms with Gasteiger partial charge in [-0.05, 0) is 42.0 Å². The van der Waals surface area contributed by atoms with Crippen LogP contribution in [-0.2, 0) is 7.05 Å². The second-order valence-electron chi connectivity index (χ2n) is 5.27. The summed E-state index contributed by atoms with van der Waals surface area (Å²) in [5.74, 6) is 0.592. The molecule has 0 bridgehead atoms. The van der Waals surface area contributed by atoms with E-state index < -0.39 is 0 Å². The number of hydrogen-bond donors (Lipinski definition) is 0. The molecule has 0 amide bonds. The van der Waals surface area contributed by atoms with Crippen LogP contribution in [0.5, 0.6) is 5.75 Å². The minimum Gasteiger partial charge on any atom is -0.497 e. The summed E-state index contributed by atoms with van der Waals surface area (Å²) in [6.07, 6.45) is 0. The fourth-order valence-electron chi connectivity index (χ4n) is 2.74. The van der Waals surface area contributed by atoms with Crippen molar-refractivity contribution in [3.8, 4) is 22.9 Å². The highest BCUT2D eigenvalue weighted by Crippen LogP contribution is 2.35. The Hall–Kier alpha value is -2.48. The number of rotatable bonds is 2. The summed E-state index contributed by atoms with van der Waals surface area (Å²) in [5.41, 5.74) is 1.25. The van der Waals surface area contributed by atoms with Crippen LogP contribution in [0.25, 0.3) is 21.9 Å². The SMILES string of the molecule is COc1ccc2c(=O)n(C)c(C#N)c(-c3cc(Cl)cc(Cl)c3)c2c1. The number of nitriles is 1. The Labute approximate surface area is 148 Å². The molecular weight excluding hydrogens is 347 g/mol. The van der Waals surface area contributed by atoms with Gasteiger partial charge in [0.05, 0.1) is 7.11 Å². The van der Waals surface area contributed by atoms with Crippen LogP contribution in [0.1, 0.15) is 5.69 Å². The normalized spacial score (nSPS) is 10.6. The second-order valence-corrected chi connectivity index (χ2v) is 6.14. The van der Waals surface area contributed by atoms with Crippen molar-refractivity contribution in [2.75, 3.05) is 7.11 Å². The van der Waals surface area contributed by atoms with Crippen molar-refractivity contribution in [1.29, 1.82) is 5.26 Å². The van der Waals surface area contributed by atoms with Crippen LogP contribution in [0.15, 0.2) is 41.2 Å². The van der Waals surface area contributed by atoms with E-state index in [1.807, 2.05) is 0 Å². The summed E-state index contributed by atoms with van der Waals surface area (Å²) in [6.45, 7) is 0. The fourth-order valence-corrected chi connectivity index (χ4v) is 3.27. The maximum Gasteiger partial charge on any atom is 0.259 e. The molecule has 0 N–H and O–H groups in total. The topological polar surface area (TPSA) is 55.0 Å². The standard InChI is InChI=1S/C18H12Cl2N2O2/c1-22-16(9-21)17(10-5-11(19)7-12(20)6-10)15-8-13(24-2)3-4-14(15)18(22)23/h3-8H,1-2H3. The third-order valence-corrected chi connectivity index (χ3v) is 4.30. The van der Waals surface area contributed by atoms with E-state index >= 15 is 0 Å². The number of hydrogen-bond acceptors (Lipinski definition) is 3. The van der Waals surface area contributed by atoms with Gasteiger partial charge in [-0.2, -0.15) is 5.26 Å². The van der Waals surface area contributed by atoms with E-state index in [2.05, 4.69) is 6.07 Å². The van der Waals surface area contributed by atoms with Gasteiger partial charge in [0.1, 0.15) is 17.5 Å². The lowest BCUT2D eigenvalue weighted by molar-refractivity contribution is 0.415. The van der Waals surface area contributed by atoms with Gasteiger partial charge < -0.3 is 9.30 Å². The molecule has 0 aliphatic heterocycles. The predicted molar refractivity (Wildman–Crippen MR) is 95.9 cm³/mol. The van der Waals surface area contributed by atoms with Crippen molar-refractivity contribution < 1.29 is 4.74 Å². The molecule has 0 fully saturated rings. The zero-order valence-corrected chi connectivity index (χ0v) is 14.4. The number of fused-ring (bicyclic) bond motifs is 1.